The third kappa shape index (κ3) is 2.17. The van der Waals surface area contributed by atoms with Crippen LogP contribution in [0.15, 0.2) is 0 Å². The normalized spacial score (nSPS) is 36.6. The van der Waals surface area contributed by atoms with Crippen molar-refractivity contribution in [2.75, 3.05) is 13.1 Å². The molecule has 1 spiro atoms. The first kappa shape index (κ1) is 10.9. The van der Waals surface area contributed by atoms with E-state index in [1.807, 2.05) is 0 Å². The molecule has 0 unspecified atom stereocenters. The Morgan fingerprint density at radius 3 is 2.67 bits per heavy atom. The van der Waals surface area contributed by atoms with Gasteiger partial charge < -0.3 is 10.6 Å². The molecule has 1 aliphatic heterocycles. The Labute approximate surface area is 92.0 Å². The second kappa shape index (κ2) is 4.52. The van der Waals surface area contributed by atoms with Crippen LogP contribution in [0.5, 0.6) is 0 Å². The summed E-state index contributed by atoms with van der Waals surface area (Å²) >= 11 is 0. The first-order valence-electron chi connectivity index (χ1n) is 6.30. The molecule has 1 heterocycles. The lowest BCUT2D eigenvalue weighted by molar-refractivity contribution is -0.131. The van der Waals surface area contributed by atoms with Crippen molar-refractivity contribution in [2.45, 2.75) is 51.0 Å². The zero-order valence-corrected chi connectivity index (χ0v) is 9.64. The summed E-state index contributed by atoms with van der Waals surface area (Å²) in [5, 5.41) is 6.42. The van der Waals surface area contributed by atoms with Gasteiger partial charge in [-0.1, -0.05) is 19.8 Å². The Morgan fingerprint density at radius 2 is 2.07 bits per heavy atom. The van der Waals surface area contributed by atoms with Crippen molar-refractivity contribution >= 4 is 5.91 Å². The fourth-order valence-corrected chi connectivity index (χ4v) is 3.00. The van der Waals surface area contributed by atoms with E-state index >= 15 is 0 Å². The van der Waals surface area contributed by atoms with Gasteiger partial charge in [0.15, 0.2) is 0 Å². The number of amides is 1. The highest BCUT2D eigenvalue weighted by Gasteiger charge is 2.42. The van der Waals surface area contributed by atoms with Crippen LogP contribution in [-0.4, -0.2) is 24.5 Å². The summed E-state index contributed by atoms with van der Waals surface area (Å²) in [7, 11) is 0. The zero-order valence-electron chi connectivity index (χ0n) is 9.64. The number of carbonyl (C=O) groups excluding carboxylic acids is 1. The van der Waals surface area contributed by atoms with E-state index < -0.39 is 0 Å². The molecule has 0 aromatic carbocycles. The van der Waals surface area contributed by atoms with Gasteiger partial charge in [0.2, 0.25) is 5.91 Å². The van der Waals surface area contributed by atoms with E-state index in [1.54, 1.807) is 0 Å². The van der Waals surface area contributed by atoms with Crippen molar-refractivity contribution in [3.8, 4) is 0 Å². The Balaban J connectivity index is 1.92. The molecule has 1 saturated heterocycles. The van der Waals surface area contributed by atoms with Crippen LogP contribution in [0.4, 0.5) is 0 Å². The molecule has 0 bridgehead atoms. The molecular formula is C12H22N2O. The van der Waals surface area contributed by atoms with Crippen molar-refractivity contribution in [1.29, 1.82) is 0 Å². The first-order chi connectivity index (χ1) is 7.27. The number of hydrogen-bond acceptors (Lipinski definition) is 2. The largest absolute Gasteiger partial charge is 0.353 e. The van der Waals surface area contributed by atoms with Crippen molar-refractivity contribution in [3.05, 3.63) is 0 Å². The van der Waals surface area contributed by atoms with Crippen LogP contribution in [0.1, 0.15) is 45.4 Å². The highest BCUT2D eigenvalue weighted by atomic mass is 16.2. The van der Waals surface area contributed by atoms with Crippen LogP contribution in [0, 0.1) is 5.92 Å². The van der Waals surface area contributed by atoms with Crippen LogP contribution >= 0.6 is 0 Å². The quantitative estimate of drug-likeness (QED) is 0.724. The minimum absolute atomic E-state index is 0.206. The number of piperazine rings is 1. The molecule has 0 aromatic rings. The van der Waals surface area contributed by atoms with Crippen molar-refractivity contribution < 1.29 is 4.79 Å². The Hall–Kier alpha value is -0.570. The van der Waals surface area contributed by atoms with E-state index in [4.69, 9.17) is 0 Å². The van der Waals surface area contributed by atoms with Gasteiger partial charge in [0, 0.05) is 13.1 Å². The Kier molecular flexibility index (Phi) is 3.29. The highest BCUT2D eigenvalue weighted by Crippen LogP contribution is 2.35. The summed E-state index contributed by atoms with van der Waals surface area (Å²) in [6.07, 6.45) is 7.10. The van der Waals surface area contributed by atoms with E-state index in [1.165, 1.54) is 25.7 Å². The molecule has 1 saturated carbocycles. The van der Waals surface area contributed by atoms with E-state index in [9.17, 15) is 4.79 Å². The maximum absolute atomic E-state index is 11.9. The maximum atomic E-state index is 11.9. The van der Waals surface area contributed by atoms with Crippen molar-refractivity contribution in [3.63, 3.8) is 0 Å². The van der Waals surface area contributed by atoms with Crippen molar-refractivity contribution in [1.82, 2.24) is 10.6 Å². The summed E-state index contributed by atoms with van der Waals surface area (Å²) in [6, 6.07) is 0. The summed E-state index contributed by atoms with van der Waals surface area (Å²) in [5.41, 5.74) is -0.206. The standard InChI is InChI=1S/C12H22N2O/c1-2-3-10-4-6-12(7-5-10)11(15)13-8-9-14-12/h10,14H,2-9H2,1H3,(H,13,15). The SMILES string of the molecule is CCCC1CCC2(CC1)NCCNC2=O. The number of nitrogens with one attached hydrogen (secondary N) is 2. The fraction of sp³-hybridized carbons (Fsp3) is 0.917. The number of rotatable bonds is 2. The van der Waals surface area contributed by atoms with Crippen LogP contribution in [0.25, 0.3) is 0 Å². The molecule has 1 aliphatic carbocycles. The van der Waals surface area contributed by atoms with E-state index in [-0.39, 0.29) is 11.4 Å². The summed E-state index contributed by atoms with van der Waals surface area (Å²) in [5.74, 6) is 1.10. The zero-order chi connectivity index (χ0) is 10.7. The van der Waals surface area contributed by atoms with Crippen LogP contribution < -0.4 is 10.6 Å². The molecule has 0 atom stereocenters. The molecule has 0 radical (unpaired) electrons. The first-order valence-corrected chi connectivity index (χ1v) is 6.30. The average Bonchev–Trinajstić information content (AvgIpc) is 2.26. The fourth-order valence-electron chi connectivity index (χ4n) is 3.00. The lowest BCUT2D eigenvalue weighted by Gasteiger charge is -2.42. The summed E-state index contributed by atoms with van der Waals surface area (Å²) in [4.78, 5) is 11.9. The van der Waals surface area contributed by atoms with Crippen molar-refractivity contribution in [2.24, 2.45) is 5.92 Å². The molecule has 0 aromatic heterocycles. The van der Waals surface area contributed by atoms with Crippen LogP contribution in [-0.2, 0) is 4.79 Å². The third-order valence-electron chi connectivity index (χ3n) is 3.96. The molecule has 15 heavy (non-hydrogen) atoms. The van der Waals surface area contributed by atoms with Gasteiger partial charge >= 0.3 is 0 Å². The van der Waals surface area contributed by atoms with Gasteiger partial charge in [-0.05, 0) is 31.6 Å². The second-order valence-corrected chi connectivity index (χ2v) is 5.00. The Bertz CT molecular complexity index is 232. The number of carbonyl (C=O) groups is 1. The molecule has 2 fully saturated rings. The van der Waals surface area contributed by atoms with Crippen LogP contribution in [0.2, 0.25) is 0 Å². The predicted octanol–water partition coefficient (Wildman–Crippen LogP) is 1.43. The lowest BCUT2D eigenvalue weighted by Crippen LogP contribution is -2.64. The lowest BCUT2D eigenvalue weighted by atomic mass is 9.74. The van der Waals surface area contributed by atoms with Gasteiger partial charge in [-0.2, -0.15) is 0 Å². The molecule has 86 valence electrons. The molecule has 2 aliphatic rings. The van der Waals surface area contributed by atoms with E-state index in [0.717, 1.165) is 31.8 Å². The van der Waals surface area contributed by atoms with E-state index in [2.05, 4.69) is 17.6 Å². The predicted molar refractivity (Wildman–Crippen MR) is 60.6 cm³/mol. The molecular weight excluding hydrogens is 188 g/mol. The van der Waals surface area contributed by atoms with Gasteiger partial charge in [-0.25, -0.2) is 0 Å². The van der Waals surface area contributed by atoms with E-state index in [0.29, 0.717) is 0 Å². The molecule has 1 amide bonds. The average molecular weight is 210 g/mol. The third-order valence-corrected chi connectivity index (χ3v) is 3.96. The van der Waals surface area contributed by atoms with Gasteiger partial charge in [-0.3, -0.25) is 4.79 Å². The van der Waals surface area contributed by atoms with Gasteiger partial charge in [0.25, 0.3) is 0 Å². The molecule has 3 nitrogen and oxygen atoms in total. The van der Waals surface area contributed by atoms with Crippen LogP contribution in [0.3, 0.4) is 0 Å². The molecule has 2 rings (SSSR count). The summed E-state index contributed by atoms with van der Waals surface area (Å²) < 4.78 is 0. The van der Waals surface area contributed by atoms with Gasteiger partial charge in [0.05, 0.1) is 5.54 Å². The summed E-state index contributed by atoms with van der Waals surface area (Å²) in [6.45, 7) is 3.97. The molecule has 3 heteroatoms. The van der Waals surface area contributed by atoms with Gasteiger partial charge in [0.1, 0.15) is 0 Å². The smallest absolute Gasteiger partial charge is 0.240 e. The highest BCUT2D eigenvalue weighted by molar-refractivity contribution is 5.87. The number of hydrogen-bond donors (Lipinski definition) is 2. The minimum atomic E-state index is -0.206. The topological polar surface area (TPSA) is 41.1 Å². The Morgan fingerprint density at radius 1 is 1.33 bits per heavy atom. The van der Waals surface area contributed by atoms with Gasteiger partial charge in [-0.15, -0.1) is 0 Å². The monoisotopic (exact) mass is 210 g/mol. The minimum Gasteiger partial charge on any atom is -0.353 e. The second-order valence-electron chi connectivity index (χ2n) is 5.00. The molecule has 2 N–H and O–H groups in total. The maximum Gasteiger partial charge on any atom is 0.240 e.